The van der Waals surface area contributed by atoms with Gasteiger partial charge in [0.2, 0.25) is 5.91 Å². The molecule has 0 radical (unpaired) electrons. The van der Waals surface area contributed by atoms with Crippen molar-refractivity contribution in [1.82, 2.24) is 24.6 Å². The summed E-state index contributed by atoms with van der Waals surface area (Å²) >= 11 is 12.8. The van der Waals surface area contributed by atoms with Crippen LogP contribution in [-0.2, 0) is 15.6 Å². The Morgan fingerprint density at radius 1 is 0.889 bits per heavy atom. The number of piperidine rings is 1. The van der Waals surface area contributed by atoms with Crippen LogP contribution in [0.4, 0.5) is 0 Å². The number of halogens is 2. The lowest BCUT2D eigenvalue weighted by atomic mass is 9.71. The third-order valence-electron chi connectivity index (χ3n) is 9.72. The Balaban J connectivity index is 1.23. The van der Waals surface area contributed by atoms with E-state index in [1.54, 1.807) is 30.4 Å². The molecule has 6 rings (SSSR count). The Bertz CT molecular complexity index is 1670. The van der Waals surface area contributed by atoms with E-state index in [-0.39, 0.29) is 17.2 Å². The quantitative estimate of drug-likeness (QED) is 0.265. The molecule has 2 amide bonds. The summed E-state index contributed by atoms with van der Waals surface area (Å²) < 4.78 is 7.35. The van der Waals surface area contributed by atoms with Gasteiger partial charge >= 0.3 is 0 Å². The van der Waals surface area contributed by atoms with Gasteiger partial charge in [-0.15, -0.1) is 10.2 Å². The first-order valence-corrected chi connectivity index (χ1v) is 15.9. The standard InChI is InChI=1S/C34H36Cl2N6O3/c1-45-30-10-8-26(42-22-38-39-23-42)20-27(30)31(43)41-18-12-33(21-41,25-7-9-28(35)29(36)19-25)11-15-40-16-13-34(14-17-40,32(37)44)24-5-3-2-4-6-24/h2-10,19-20,22-23H,11-18,21H2,1H3,(H2,37,44)/t33-/m0/s1. The number of methoxy groups -OCH3 is 1. The van der Waals surface area contributed by atoms with Gasteiger partial charge in [0.25, 0.3) is 5.91 Å². The number of hydrogen-bond acceptors (Lipinski definition) is 6. The van der Waals surface area contributed by atoms with Crippen molar-refractivity contribution >= 4 is 35.0 Å². The van der Waals surface area contributed by atoms with E-state index in [2.05, 4.69) is 15.1 Å². The molecule has 3 heterocycles. The van der Waals surface area contributed by atoms with E-state index < -0.39 is 5.41 Å². The maximum Gasteiger partial charge on any atom is 0.257 e. The molecular weight excluding hydrogens is 611 g/mol. The third-order valence-corrected chi connectivity index (χ3v) is 10.5. The minimum atomic E-state index is -0.657. The summed E-state index contributed by atoms with van der Waals surface area (Å²) in [6, 6.07) is 21.1. The Kier molecular flexibility index (Phi) is 8.86. The second kappa shape index (κ2) is 12.8. The molecule has 4 aromatic rings. The fraction of sp³-hybridized carbons (Fsp3) is 0.353. The van der Waals surface area contributed by atoms with Crippen molar-refractivity contribution in [3.8, 4) is 11.4 Å². The van der Waals surface area contributed by atoms with Crippen molar-refractivity contribution in [3.63, 3.8) is 0 Å². The number of amides is 2. The van der Waals surface area contributed by atoms with Crippen LogP contribution >= 0.6 is 23.2 Å². The molecule has 9 nitrogen and oxygen atoms in total. The minimum absolute atomic E-state index is 0.101. The van der Waals surface area contributed by atoms with Crippen molar-refractivity contribution in [1.29, 1.82) is 0 Å². The van der Waals surface area contributed by atoms with Crippen LogP contribution in [-0.4, -0.2) is 76.2 Å². The first kappa shape index (κ1) is 31.1. The van der Waals surface area contributed by atoms with Gasteiger partial charge in [0.15, 0.2) is 0 Å². The smallest absolute Gasteiger partial charge is 0.257 e. The van der Waals surface area contributed by atoms with Crippen molar-refractivity contribution in [3.05, 3.63) is 106 Å². The number of ether oxygens (including phenoxy) is 1. The Labute approximate surface area is 272 Å². The number of nitrogens with two attached hydrogens (primary N) is 1. The van der Waals surface area contributed by atoms with Crippen LogP contribution in [0.5, 0.6) is 5.75 Å². The molecule has 0 saturated carbocycles. The van der Waals surface area contributed by atoms with Crippen LogP contribution < -0.4 is 10.5 Å². The van der Waals surface area contributed by atoms with E-state index in [9.17, 15) is 9.59 Å². The third kappa shape index (κ3) is 6.04. The molecule has 3 aromatic carbocycles. The molecule has 234 valence electrons. The van der Waals surface area contributed by atoms with Gasteiger partial charge in [-0.2, -0.15) is 0 Å². The normalized spacial score (nSPS) is 19.8. The number of carbonyl (C=O) groups excluding carboxylic acids is 2. The molecule has 2 saturated heterocycles. The van der Waals surface area contributed by atoms with Crippen molar-refractivity contribution in [2.45, 2.75) is 36.5 Å². The van der Waals surface area contributed by atoms with Crippen LogP contribution in [0.2, 0.25) is 10.0 Å². The number of aromatic nitrogens is 3. The molecular formula is C34H36Cl2N6O3. The molecule has 2 aliphatic heterocycles. The lowest BCUT2D eigenvalue weighted by Crippen LogP contribution is -2.50. The number of hydrogen-bond donors (Lipinski definition) is 1. The molecule has 11 heteroatoms. The predicted octanol–water partition coefficient (Wildman–Crippen LogP) is 5.28. The van der Waals surface area contributed by atoms with E-state index in [0.717, 1.165) is 49.3 Å². The molecule has 1 atom stereocenters. The van der Waals surface area contributed by atoms with Crippen LogP contribution in [0.1, 0.15) is 47.2 Å². The van der Waals surface area contributed by atoms with Crippen LogP contribution in [0, 0.1) is 0 Å². The van der Waals surface area contributed by atoms with E-state index in [1.165, 1.54) is 0 Å². The van der Waals surface area contributed by atoms with Gasteiger partial charge in [0, 0.05) is 24.2 Å². The summed E-state index contributed by atoms with van der Waals surface area (Å²) in [5.74, 6) is 0.138. The topological polar surface area (TPSA) is 107 Å². The molecule has 0 unspecified atom stereocenters. The molecule has 2 N–H and O–H groups in total. The molecule has 2 fully saturated rings. The van der Waals surface area contributed by atoms with Gasteiger partial charge in [-0.25, -0.2) is 0 Å². The van der Waals surface area contributed by atoms with E-state index in [1.807, 2.05) is 65.6 Å². The maximum absolute atomic E-state index is 14.1. The minimum Gasteiger partial charge on any atom is -0.496 e. The predicted molar refractivity (Wildman–Crippen MR) is 174 cm³/mol. The highest BCUT2D eigenvalue weighted by molar-refractivity contribution is 6.42. The number of rotatable bonds is 9. The van der Waals surface area contributed by atoms with Gasteiger partial charge < -0.3 is 20.3 Å². The Morgan fingerprint density at radius 3 is 2.29 bits per heavy atom. The molecule has 0 aliphatic carbocycles. The average molecular weight is 648 g/mol. The van der Waals surface area contributed by atoms with Crippen LogP contribution in [0.3, 0.4) is 0 Å². The fourth-order valence-electron chi connectivity index (χ4n) is 6.95. The SMILES string of the molecule is COc1ccc(-n2cnnc2)cc1C(=O)N1CC[C@](CCN2CCC(C(N)=O)(c3ccccc3)CC2)(c2ccc(Cl)c(Cl)c2)C1. The summed E-state index contributed by atoms with van der Waals surface area (Å²) in [5.41, 5.74) is 8.30. The van der Waals surface area contributed by atoms with Gasteiger partial charge in [-0.05, 0) is 86.8 Å². The Hall–Kier alpha value is -3.92. The van der Waals surface area contributed by atoms with Crippen LogP contribution in [0.15, 0.2) is 79.4 Å². The molecule has 0 bridgehead atoms. The lowest BCUT2D eigenvalue weighted by molar-refractivity contribution is -0.125. The largest absolute Gasteiger partial charge is 0.496 e. The van der Waals surface area contributed by atoms with Crippen molar-refractivity contribution in [2.75, 3.05) is 39.8 Å². The van der Waals surface area contributed by atoms with E-state index >= 15 is 0 Å². The maximum atomic E-state index is 14.1. The second-order valence-corrected chi connectivity index (χ2v) is 12.9. The number of carbonyl (C=O) groups is 2. The highest BCUT2D eigenvalue weighted by Gasteiger charge is 2.44. The summed E-state index contributed by atoms with van der Waals surface area (Å²) in [6.45, 7) is 3.42. The monoisotopic (exact) mass is 646 g/mol. The molecule has 1 aromatic heterocycles. The van der Waals surface area contributed by atoms with Gasteiger partial charge in [-0.1, -0.05) is 59.6 Å². The second-order valence-electron chi connectivity index (χ2n) is 12.0. The fourth-order valence-corrected chi connectivity index (χ4v) is 7.25. The highest BCUT2D eigenvalue weighted by Crippen LogP contribution is 2.42. The molecule has 0 spiro atoms. The van der Waals surface area contributed by atoms with Crippen LogP contribution in [0.25, 0.3) is 5.69 Å². The number of nitrogens with zero attached hydrogens (tertiary/aromatic N) is 5. The average Bonchev–Trinajstić information content (AvgIpc) is 3.77. The number of benzene rings is 3. The lowest BCUT2D eigenvalue weighted by Gasteiger charge is -2.41. The molecule has 2 aliphatic rings. The first-order chi connectivity index (χ1) is 21.7. The van der Waals surface area contributed by atoms with E-state index in [4.69, 9.17) is 33.7 Å². The zero-order valence-corrected chi connectivity index (χ0v) is 26.7. The highest BCUT2D eigenvalue weighted by atomic mass is 35.5. The van der Waals surface area contributed by atoms with E-state index in [0.29, 0.717) is 47.3 Å². The number of primary amides is 1. The summed E-state index contributed by atoms with van der Waals surface area (Å²) in [5, 5.41) is 8.77. The zero-order valence-electron chi connectivity index (χ0n) is 25.2. The van der Waals surface area contributed by atoms with Gasteiger partial charge in [0.1, 0.15) is 18.4 Å². The zero-order chi connectivity index (χ0) is 31.6. The summed E-state index contributed by atoms with van der Waals surface area (Å²) in [4.78, 5) is 31.1. The molecule has 45 heavy (non-hydrogen) atoms. The first-order valence-electron chi connectivity index (χ1n) is 15.1. The van der Waals surface area contributed by atoms with Crippen molar-refractivity contribution in [2.24, 2.45) is 5.73 Å². The van der Waals surface area contributed by atoms with Crippen molar-refractivity contribution < 1.29 is 14.3 Å². The Morgan fingerprint density at radius 2 is 1.62 bits per heavy atom. The summed E-state index contributed by atoms with van der Waals surface area (Å²) in [6.07, 6.45) is 6.09. The van der Waals surface area contributed by atoms with Gasteiger partial charge in [0.05, 0.1) is 28.1 Å². The van der Waals surface area contributed by atoms with Gasteiger partial charge in [-0.3, -0.25) is 14.2 Å². The number of likely N-dealkylation sites (tertiary alicyclic amines) is 2. The summed E-state index contributed by atoms with van der Waals surface area (Å²) in [7, 11) is 1.57.